The van der Waals surface area contributed by atoms with E-state index < -0.39 is 22.4 Å². The third-order valence-corrected chi connectivity index (χ3v) is 1.41. The lowest BCUT2D eigenvalue weighted by atomic mass is 10.5. The first-order valence-corrected chi connectivity index (χ1v) is 4.31. The van der Waals surface area contributed by atoms with Crippen molar-refractivity contribution in [1.82, 2.24) is 0 Å². The van der Waals surface area contributed by atoms with Crippen LogP contribution in [0.4, 0.5) is 13.2 Å². The minimum Gasteiger partial charge on any atom is -0.314 e. The van der Waals surface area contributed by atoms with Gasteiger partial charge in [0.05, 0.1) is 16.2 Å². The van der Waals surface area contributed by atoms with Crippen LogP contribution in [-0.4, -0.2) is 26.6 Å². The van der Waals surface area contributed by atoms with Crippen molar-refractivity contribution in [2.75, 3.05) is 6.26 Å². The molecule has 0 amide bonds. The van der Waals surface area contributed by atoms with Crippen LogP contribution in [0.1, 0.15) is 6.42 Å². The fraction of sp³-hybridized carbons (Fsp3) is 0.750. The highest BCUT2D eigenvalue weighted by Gasteiger charge is 2.25. The molecular weight excluding hydrogens is 169 g/mol. The van der Waals surface area contributed by atoms with Crippen molar-refractivity contribution in [2.45, 2.75) is 12.6 Å². The Labute approximate surface area is 56.9 Å². The van der Waals surface area contributed by atoms with Gasteiger partial charge in [-0.3, -0.25) is 0 Å². The van der Waals surface area contributed by atoms with E-state index in [9.17, 15) is 17.4 Å². The smallest absolute Gasteiger partial charge is 0.314 e. The molecular formula is C4H7F3O2S. The predicted octanol–water partition coefficient (Wildman–Crippen LogP) is 1.13. The molecule has 1 N–H and O–H groups in total. The van der Waals surface area contributed by atoms with E-state index in [0.717, 1.165) is 6.26 Å². The summed E-state index contributed by atoms with van der Waals surface area (Å²) in [4.78, 5) is 0. The lowest BCUT2D eigenvalue weighted by Crippen LogP contribution is -2.11. The molecule has 0 saturated heterocycles. The molecule has 0 heterocycles. The van der Waals surface area contributed by atoms with E-state index in [2.05, 4.69) is 0 Å². The quantitative estimate of drug-likeness (QED) is 0.608. The molecule has 0 radical (unpaired) electrons. The molecule has 0 rings (SSSR count). The van der Waals surface area contributed by atoms with Gasteiger partial charge in [-0.1, -0.05) is 0 Å². The van der Waals surface area contributed by atoms with Crippen LogP contribution >= 0.6 is 0 Å². The van der Waals surface area contributed by atoms with Crippen LogP contribution in [0.15, 0.2) is 0 Å². The average Bonchev–Trinajstić information content (AvgIpc) is 1.57. The van der Waals surface area contributed by atoms with Gasteiger partial charge in [0.25, 0.3) is 0 Å². The van der Waals surface area contributed by atoms with E-state index in [4.69, 9.17) is 4.55 Å². The second-order valence-corrected chi connectivity index (χ2v) is 3.90. The van der Waals surface area contributed by atoms with Crippen molar-refractivity contribution in [1.29, 1.82) is 0 Å². The zero-order valence-electron chi connectivity index (χ0n) is 5.18. The maximum atomic E-state index is 11.3. The van der Waals surface area contributed by atoms with Gasteiger partial charge in [0, 0.05) is 11.6 Å². The molecule has 0 aliphatic carbocycles. The first kappa shape index (κ1) is 9.77. The number of rotatable bonds is 1. The molecule has 0 aliphatic heterocycles. The van der Waals surface area contributed by atoms with Crippen LogP contribution in [0.25, 0.3) is 0 Å². The van der Waals surface area contributed by atoms with E-state index in [0.29, 0.717) is 5.37 Å². The molecule has 1 atom stereocenters. The normalized spacial score (nSPS) is 18.1. The van der Waals surface area contributed by atoms with Crippen LogP contribution in [0, 0.1) is 0 Å². The Morgan fingerprint density at radius 2 is 2.00 bits per heavy atom. The average molecular weight is 176 g/mol. The van der Waals surface area contributed by atoms with Gasteiger partial charge in [0.1, 0.15) is 0 Å². The first-order valence-electron chi connectivity index (χ1n) is 2.32. The van der Waals surface area contributed by atoms with Gasteiger partial charge in [-0.05, 0) is 0 Å². The molecule has 0 bridgehead atoms. The van der Waals surface area contributed by atoms with Gasteiger partial charge >= 0.3 is 6.18 Å². The molecule has 2 nitrogen and oxygen atoms in total. The van der Waals surface area contributed by atoms with E-state index in [1.54, 1.807) is 0 Å². The Morgan fingerprint density at radius 1 is 1.60 bits per heavy atom. The van der Waals surface area contributed by atoms with Crippen LogP contribution in [0.2, 0.25) is 0 Å². The van der Waals surface area contributed by atoms with E-state index in [1.165, 1.54) is 0 Å². The standard InChI is InChI=1S/C4H7F3O2S/c1-10(8,9)3-2-4(5,6)7/h3H,2H2,1H3,(H,8,9). The highest BCUT2D eigenvalue weighted by Crippen LogP contribution is 2.17. The summed E-state index contributed by atoms with van der Waals surface area (Å²) in [6.07, 6.45) is -4.88. The van der Waals surface area contributed by atoms with Gasteiger partial charge in [-0.2, -0.15) is 13.2 Å². The summed E-state index contributed by atoms with van der Waals surface area (Å²) in [7, 11) is -3.35. The highest BCUT2D eigenvalue weighted by molar-refractivity contribution is 7.95. The Kier molecular flexibility index (Phi) is 2.73. The summed E-state index contributed by atoms with van der Waals surface area (Å²) < 4.78 is 52.5. The summed E-state index contributed by atoms with van der Waals surface area (Å²) in [5, 5.41) is 0.354. The highest BCUT2D eigenvalue weighted by atomic mass is 32.2. The zero-order valence-corrected chi connectivity index (χ0v) is 6.00. The Morgan fingerprint density at radius 3 is 2.10 bits per heavy atom. The molecule has 0 aromatic heterocycles. The second kappa shape index (κ2) is 2.79. The Balaban J connectivity index is 4.13. The number of hydrogen-bond acceptors (Lipinski definition) is 1. The van der Waals surface area contributed by atoms with Gasteiger partial charge in [-0.15, -0.1) is 0 Å². The summed E-state index contributed by atoms with van der Waals surface area (Å²) >= 11 is 0. The van der Waals surface area contributed by atoms with Gasteiger partial charge in [-0.25, -0.2) is 4.21 Å². The summed E-state index contributed by atoms with van der Waals surface area (Å²) in [5.74, 6) is 0. The van der Waals surface area contributed by atoms with Gasteiger partial charge in [0.15, 0.2) is 0 Å². The monoisotopic (exact) mass is 176 g/mol. The van der Waals surface area contributed by atoms with Crippen molar-refractivity contribution in [3.63, 3.8) is 0 Å². The molecule has 1 unspecified atom stereocenters. The largest absolute Gasteiger partial charge is 0.393 e. The van der Waals surface area contributed by atoms with Crippen molar-refractivity contribution >= 4 is 15.2 Å². The first-order chi connectivity index (χ1) is 4.21. The van der Waals surface area contributed by atoms with E-state index >= 15 is 0 Å². The number of halogens is 3. The lowest BCUT2D eigenvalue weighted by Gasteiger charge is -2.00. The van der Waals surface area contributed by atoms with Crippen molar-refractivity contribution < 1.29 is 21.9 Å². The SMILES string of the molecule is CS(=O)(O)=CCC(F)(F)F. The predicted molar refractivity (Wildman–Crippen MR) is 33.4 cm³/mol. The molecule has 62 valence electrons. The fourth-order valence-corrected chi connectivity index (χ4v) is 0.747. The van der Waals surface area contributed by atoms with Crippen molar-refractivity contribution in [3.05, 3.63) is 0 Å². The molecule has 0 aromatic carbocycles. The van der Waals surface area contributed by atoms with E-state index in [-0.39, 0.29) is 0 Å². The maximum Gasteiger partial charge on any atom is 0.393 e. The Bertz CT molecular complexity index is 203. The second-order valence-electron chi connectivity index (χ2n) is 1.85. The maximum absolute atomic E-state index is 11.3. The Hall–Kier alpha value is -0.230. The lowest BCUT2D eigenvalue weighted by molar-refractivity contribution is -0.120. The topological polar surface area (TPSA) is 37.3 Å². The third-order valence-electron chi connectivity index (χ3n) is 0.624. The molecule has 0 aliphatic rings. The minimum absolute atomic E-state index is 0.354. The van der Waals surface area contributed by atoms with Gasteiger partial charge < -0.3 is 4.55 Å². The van der Waals surface area contributed by atoms with Crippen LogP contribution < -0.4 is 0 Å². The fourth-order valence-electron chi connectivity index (χ4n) is 0.249. The van der Waals surface area contributed by atoms with Crippen molar-refractivity contribution in [3.8, 4) is 0 Å². The summed E-state index contributed by atoms with van der Waals surface area (Å²) in [5.41, 5.74) is 0. The van der Waals surface area contributed by atoms with E-state index in [1.807, 2.05) is 0 Å². The molecule has 0 aromatic rings. The van der Waals surface area contributed by atoms with Crippen LogP contribution in [0.3, 0.4) is 0 Å². The third kappa shape index (κ3) is 7.77. The van der Waals surface area contributed by atoms with Crippen LogP contribution in [0.5, 0.6) is 0 Å². The zero-order chi connectivity index (χ0) is 8.41. The minimum atomic E-state index is -4.39. The molecule has 10 heavy (non-hydrogen) atoms. The molecule has 0 spiro atoms. The van der Waals surface area contributed by atoms with Crippen LogP contribution in [-0.2, 0) is 9.80 Å². The summed E-state index contributed by atoms with van der Waals surface area (Å²) in [6, 6.07) is 0. The summed E-state index contributed by atoms with van der Waals surface area (Å²) in [6.45, 7) is 0. The van der Waals surface area contributed by atoms with Crippen molar-refractivity contribution in [2.24, 2.45) is 0 Å². The number of alkyl halides is 3. The molecule has 0 fully saturated rings. The number of hydrogen-bond donors (Lipinski definition) is 1. The van der Waals surface area contributed by atoms with Gasteiger partial charge in [0.2, 0.25) is 0 Å². The molecule has 6 heteroatoms. The molecule has 0 saturated carbocycles.